The van der Waals surface area contributed by atoms with Gasteiger partial charge in [0.25, 0.3) is 0 Å². The molecule has 2 unspecified atom stereocenters. The third-order valence-corrected chi connectivity index (χ3v) is 7.56. The number of nitrogens with one attached hydrogen (secondary N) is 1. The number of aromatic nitrogens is 5. The summed E-state index contributed by atoms with van der Waals surface area (Å²) in [6, 6.07) is 3.38. The molecule has 3 heterocycles. The highest BCUT2D eigenvalue weighted by atomic mass is 32.2. The normalized spacial score (nSPS) is 18.3. The lowest BCUT2D eigenvalue weighted by molar-refractivity contribution is 0.103. The second-order valence-corrected chi connectivity index (χ2v) is 10.1. The van der Waals surface area contributed by atoms with Gasteiger partial charge in [-0.1, -0.05) is 13.0 Å². The first-order valence-electron chi connectivity index (χ1n) is 10.5. The number of sulfonamides is 1. The highest BCUT2D eigenvalue weighted by Gasteiger charge is 2.34. The zero-order valence-corrected chi connectivity index (χ0v) is 19.2. The van der Waals surface area contributed by atoms with Crippen molar-refractivity contribution in [3.8, 4) is 5.69 Å². The summed E-state index contributed by atoms with van der Waals surface area (Å²) >= 11 is 0. The van der Waals surface area contributed by atoms with Crippen molar-refractivity contribution in [1.82, 2.24) is 24.7 Å². The van der Waals surface area contributed by atoms with Gasteiger partial charge in [-0.05, 0) is 44.4 Å². The first-order chi connectivity index (χ1) is 15.7. The summed E-state index contributed by atoms with van der Waals surface area (Å²) in [5.74, 6) is -2.18. The number of anilines is 1. The van der Waals surface area contributed by atoms with Crippen LogP contribution in [0.25, 0.3) is 5.69 Å². The van der Waals surface area contributed by atoms with Gasteiger partial charge < -0.3 is 4.74 Å². The molecule has 176 valence electrons. The standard InChI is InChI=1S/C21H24F2N6O3S/c1-12-10-24-19(25-11-12)13(2)14(3)33(30,31)28-21-27-26-20(17-8-5-9-32-17)29(21)18-15(22)6-4-7-16(18)23/h4,6-7,10-11,13-14,17H,5,8-9H2,1-3H3,(H,27,28)/t13?,14?,17-/m0/s1. The maximum Gasteiger partial charge on any atom is 0.243 e. The molecule has 0 saturated carbocycles. The fourth-order valence-corrected chi connectivity index (χ4v) is 4.84. The van der Waals surface area contributed by atoms with Gasteiger partial charge in [-0.2, -0.15) is 0 Å². The molecular formula is C21H24F2N6O3S. The third kappa shape index (κ3) is 4.58. The van der Waals surface area contributed by atoms with E-state index in [0.29, 0.717) is 18.9 Å². The van der Waals surface area contributed by atoms with Crippen molar-refractivity contribution in [2.24, 2.45) is 0 Å². The number of hydrogen-bond acceptors (Lipinski definition) is 7. The zero-order chi connectivity index (χ0) is 23.8. The molecule has 0 bridgehead atoms. The highest BCUT2D eigenvalue weighted by Crippen LogP contribution is 2.33. The fraction of sp³-hybridized carbons (Fsp3) is 0.429. The number of nitrogens with zero attached hydrogens (tertiary/aromatic N) is 5. The number of aryl methyl sites for hydroxylation is 1. The van der Waals surface area contributed by atoms with Gasteiger partial charge in [0.05, 0.1) is 5.25 Å². The maximum absolute atomic E-state index is 14.7. The molecule has 1 fully saturated rings. The van der Waals surface area contributed by atoms with E-state index in [1.165, 1.54) is 13.0 Å². The molecule has 0 amide bonds. The third-order valence-electron chi connectivity index (χ3n) is 5.70. The molecule has 1 aliphatic rings. The van der Waals surface area contributed by atoms with E-state index in [0.717, 1.165) is 28.7 Å². The predicted molar refractivity (Wildman–Crippen MR) is 116 cm³/mol. The van der Waals surface area contributed by atoms with Crippen LogP contribution in [-0.4, -0.2) is 45.0 Å². The van der Waals surface area contributed by atoms with Gasteiger partial charge in [0, 0.05) is 24.9 Å². The summed E-state index contributed by atoms with van der Waals surface area (Å²) in [5, 5.41) is 6.94. The molecule has 4 rings (SSSR count). The monoisotopic (exact) mass is 478 g/mol. The molecule has 3 aromatic rings. The Balaban J connectivity index is 1.72. The first kappa shape index (κ1) is 23.2. The molecular weight excluding hydrogens is 454 g/mol. The number of ether oxygens (including phenoxy) is 1. The molecule has 12 heteroatoms. The van der Waals surface area contributed by atoms with Crippen molar-refractivity contribution in [1.29, 1.82) is 0 Å². The highest BCUT2D eigenvalue weighted by molar-refractivity contribution is 7.93. The largest absolute Gasteiger partial charge is 0.370 e. The van der Waals surface area contributed by atoms with E-state index in [1.54, 1.807) is 19.3 Å². The van der Waals surface area contributed by atoms with Crippen molar-refractivity contribution in [2.45, 2.75) is 50.9 Å². The van der Waals surface area contributed by atoms with E-state index in [2.05, 4.69) is 24.9 Å². The lowest BCUT2D eigenvalue weighted by atomic mass is 10.1. The van der Waals surface area contributed by atoms with Crippen molar-refractivity contribution < 1.29 is 21.9 Å². The number of para-hydroxylation sites is 1. The predicted octanol–water partition coefficient (Wildman–Crippen LogP) is 3.43. The molecule has 9 nitrogen and oxygen atoms in total. The lowest BCUT2D eigenvalue weighted by Crippen LogP contribution is -2.31. The van der Waals surface area contributed by atoms with E-state index >= 15 is 0 Å². The molecule has 1 N–H and O–H groups in total. The fourth-order valence-electron chi connectivity index (χ4n) is 3.61. The molecule has 2 aromatic heterocycles. The van der Waals surface area contributed by atoms with Gasteiger partial charge in [0.15, 0.2) is 5.82 Å². The molecule has 0 aliphatic carbocycles. The van der Waals surface area contributed by atoms with Crippen LogP contribution in [0.1, 0.15) is 55.9 Å². The summed E-state index contributed by atoms with van der Waals surface area (Å²) in [4.78, 5) is 8.42. The topological polar surface area (TPSA) is 112 Å². The van der Waals surface area contributed by atoms with Crippen molar-refractivity contribution in [3.05, 3.63) is 59.4 Å². The van der Waals surface area contributed by atoms with E-state index in [1.807, 2.05) is 6.92 Å². The van der Waals surface area contributed by atoms with Crippen LogP contribution < -0.4 is 4.72 Å². The summed E-state index contributed by atoms with van der Waals surface area (Å²) < 4.78 is 64.8. The number of benzene rings is 1. The van der Waals surface area contributed by atoms with E-state index in [-0.39, 0.29) is 11.8 Å². The van der Waals surface area contributed by atoms with E-state index < -0.39 is 44.6 Å². The van der Waals surface area contributed by atoms with Crippen molar-refractivity contribution in [2.75, 3.05) is 11.3 Å². The number of hydrogen-bond donors (Lipinski definition) is 1. The second-order valence-electron chi connectivity index (χ2n) is 8.05. The van der Waals surface area contributed by atoms with Crippen LogP contribution in [0.15, 0.2) is 30.6 Å². The molecule has 1 aliphatic heterocycles. The van der Waals surface area contributed by atoms with Gasteiger partial charge in [-0.25, -0.2) is 27.2 Å². The van der Waals surface area contributed by atoms with Crippen LogP contribution >= 0.6 is 0 Å². The Morgan fingerprint density at radius 2 is 1.82 bits per heavy atom. The molecule has 0 spiro atoms. The summed E-state index contributed by atoms with van der Waals surface area (Å²) in [6.45, 7) is 5.48. The van der Waals surface area contributed by atoms with Gasteiger partial charge in [-0.15, -0.1) is 10.2 Å². The van der Waals surface area contributed by atoms with E-state index in [9.17, 15) is 17.2 Å². The summed E-state index contributed by atoms with van der Waals surface area (Å²) in [7, 11) is -4.08. The van der Waals surface area contributed by atoms with Crippen LogP contribution in [0.3, 0.4) is 0 Å². The average Bonchev–Trinajstić information content (AvgIpc) is 3.43. The molecule has 1 aromatic carbocycles. The second kappa shape index (κ2) is 9.10. The molecule has 0 radical (unpaired) electrons. The average molecular weight is 479 g/mol. The minimum absolute atomic E-state index is 0.122. The first-order valence-corrected chi connectivity index (χ1v) is 12.0. The van der Waals surface area contributed by atoms with Crippen LogP contribution in [0.2, 0.25) is 0 Å². The van der Waals surface area contributed by atoms with Gasteiger partial charge in [0.1, 0.15) is 29.3 Å². The minimum Gasteiger partial charge on any atom is -0.370 e. The van der Waals surface area contributed by atoms with Crippen LogP contribution in [0.5, 0.6) is 0 Å². The smallest absolute Gasteiger partial charge is 0.243 e. The molecule has 1 saturated heterocycles. The van der Waals surface area contributed by atoms with Crippen LogP contribution in [0, 0.1) is 18.6 Å². The Bertz CT molecular complexity index is 1220. The van der Waals surface area contributed by atoms with Crippen LogP contribution in [0.4, 0.5) is 14.7 Å². The Kier molecular flexibility index (Phi) is 6.39. The molecule has 3 atom stereocenters. The Morgan fingerprint density at radius 3 is 2.42 bits per heavy atom. The van der Waals surface area contributed by atoms with Gasteiger partial charge in [0.2, 0.25) is 16.0 Å². The SMILES string of the molecule is Cc1cnc(C(C)C(C)S(=O)(=O)Nc2nnc([C@@H]3CCCO3)n2-c2c(F)cccc2F)nc1. The van der Waals surface area contributed by atoms with E-state index in [4.69, 9.17) is 4.74 Å². The Hall–Kier alpha value is -2.99. The quantitative estimate of drug-likeness (QED) is 0.554. The summed E-state index contributed by atoms with van der Waals surface area (Å²) in [6.07, 6.45) is 3.96. The van der Waals surface area contributed by atoms with Gasteiger partial charge in [-0.3, -0.25) is 9.29 Å². The van der Waals surface area contributed by atoms with Gasteiger partial charge >= 0.3 is 0 Å². The Morgan fingerprint density at radius 1 is 1.15 bits per heavy atom. The Labute approximate surface area is 190 Å². The van der Waals surface area contributed by atoms with Crippen molar-refractivity contribution >= 4 is 16.0 Å². The number of rotatable bonds is 7. The molecule has 33 heavy (non-hydrogen) atoms. The zero-order valence-electron chi connectivity index (χ0n) is 18.4. The van der Waals surface area contributed by atoms with Crippen LogP contribution in [-0.2, 0) is 14.8 Å². The maximum atomic E-state index is 14.7. The summed E-state index contributed by atoms with van der Waals surface area (Å²) in [5.41, 5.74) is 0.370. The minimum atomic E-state index is -4.08. The van der Waals surface area contributed by atoms with Crippen molar-refractivity contribution in [3.63, 3.8) is 0 Å². The number of halogens is 2. The lowest BCUT2D eigenvalue weighted by Gasteiger charge is -2.21.